The van der Waals surface area contributed by atoms with Crippen LogP contribution in [0.25, 0.3) is 11.6 Å². The summed E-state index contributed by atoms with van der Waals surface area (Å²) in [6.45, 7) is 5.51. The molecule has 0 bridgehead atoms. The fourth-order valence-electron chi connectivity index (χ4n) is 3.46. The van der Waals surface area contributed by atoms with Crippen LogP contribution < -0.4 is 10.1 Å². The van der Waals surface area contributed by atoms with E-state index in [1.54, 1.807) is 4.90 Å². The third-order valence-electron chi connectivity index (χ3n) is 4.89. The summed E-state index contributed by atoms with van der Waals surface area (Å²) in [4.78, 5) is 19.1. The number of carbonyl (C=O) groups excluding carboxylic acids is 1. The SMILES string of the molecule is CCOc1ccccc1NC(=O)N1CCC[C@H](c2nc(-c3ccc(C)o3)no2)C1. The van der Waals surface area contributed by atoms with Crippen LogP contribution in [0.4, 0.5) is 10.5 Å². The van der Waals surface area contributed by atoms with Crippen LogP contribution in [0.15, 0.2) is 45.3 Å². The normalized spacial score (nSPS) is 16.6. The zero-order valence-corrected chi connectivity index (χ0v) is 16.6. The Morgan fingerprint density at radius 3 is 2.97 bits per heavy atom. The number of hydrogen-bond donors (Lipinski definition) is 1. The second kappa shape index (κ2) is 8.38. The molecule has 1 aliphatic heterocycles. The summed E-state index contributed by atoms with van der Waals surface area (Å²) in [6, 6.07) is 10.9. The zero-order chi connectivity index (χ0) is 20.2. The predicted molar refractivity (Wildman–Crippen MR) is 107 cm³/mol. The van der Waals surface area contributed by atoms with Crippen molar-refractivity contribution in [3.63, 3.8) is 0 Å². The number of furan rings is 1. The molecule has 152 valence electrons. The Morgan fingerprint density at radius 2 is 2.17 bits per heavy atom. The molecule has 2 aromatic heterocycles. The van der Waals surface area contributed by atoms with Crippen LogP contribution in [-0.4, -0.2) is 40.8 Å². The number of benzene rings is 1. The molecule has 8 nitrogen and oxygen atoms in total. The molecule has 3 aromatic rings. The summed E-state index contributed by atoms with van der Waals surface area (Å²) in [5.41, 5.74) is 0.662. The van der Waals surface area contributed by atoms with E-state index in [1.807, 2.05) is 50.2 Å². The highest BCUT2D eigenvalue weighted by molar-refractivity contribution is 5.91. The smallest absolute Gasteiger partial charge is 0.321 e. The van der Waals surface area contributed by atoms with Crippen molar-refractivity contribution in [3.05, 3.63) is 48.0 Å². The number of piperidine rings is 1. The summed E-state index contributed by atoms with van der Waals surface area (Å²) in [7, 11) is 0. The zero-order valence-electron chi connectivity index (χ0n) is 16.6. The van der Waals surface area contributed by atoms with E-state index in [1.165, 1.54) is 0 Å². The summed E-state index contributed by atoms with van der Waals surface area (Å²) in [5.74, 6) is 2.98. The number of anilines is 1. The molecule has 1 aromatic carbocycles. The number of nitrogens with one attached hydrogen (secondary N) is 1. The quantitative estimate of drug-likeness (QED) is 0.685. The van der Waals surface area contributed by atoms with E-state index < -0.39 is 0 Å². The Balaban J connectivity index is 1.43. The van der Waals surface area contributed by atoms with Gasteiger partial charge in [-0.05, 0) is 51.0 Å². The maximum absolute atomic E-state index is 12.8. The molecule has 2 amide bonds. The van der Waals surface area contributed by atoms with E-state index in [4.69, 9.17) is 13.7 Å². The first-order valence-electron chi connectivity index (χ1n) is 9.82. The second-order valence-corrected chi connectivity index (χ2v) is 7.01. The van der Waals surface area contributed by atoms with Gasteiger partial charge < -0.3 is 23.9 Å². The molecule has 4 rings (SSSR count). The Kier molecular flexibility index (Phi) is 5.50. The number of urea groups is 1. The number of amides is 2. The van der Waals surface area contributed by atoms with Gasteiger partial charge in [0.05, 0.1) is 18.2 Å². The maximum atomic E-state index is 12.8. The lowest BCUT2D eigenvalue weighted by Gasteiger charge is -2.31. The van der Waals surface area contributed by atoms with Crippen LogP contribution in [-0.2, 0) is 0 Å². The number of rotatable bonds is 5. The third-order valence-corrected chi connectivity index (χ3v) is 4.89. The number of ether oxygens (including phenoxy) is 1. The van der Waals surface area contributed by atoms with Crippen LogP contribution in [0.5, 0.6) is 5.75 Å². The fourth-order valence-corrected chi connectivity index (χ4v) is 3.46. The minimum absolute atomic E-state index is 0.00561. The van der Waals surface area contributed by atoms with Crippen LogP contribution >= 0.6 is 0 Å². The molecule has 0 spiro atoms. The molecule has 1 fully saturated rings. The number of nitrogens with zero attached hydrogens (tertiary/aromatic N) is 3. The number of para-hydroxylation sites is 2. The highest BCUT2D eigenvalue weighted by Gasteiger charge is 2.29. The second-order valence-electron chi connectivity index (χ2n) is 7.01. The molecular weight excluding hydrogens is 372 g/mol. The van der Waals surface area contributed by atoms with Gasteiger partial charge in [0.15, 0.2) is 5.76 Å². The van der Waals surface area contributed by atoms with Gasteiger partial charge in [0.1, 0.15) is 11.5 Å². The molecule has 0 saturated carbocycles. The lowest BCUT2D eigenvalue weighted by molar-refractivity contribution is 0.184. The van der Waals surface area contributed by atoms with Gasteiger partial charge in [0.25, 0.3) is 0 Å². The lowest BCUT2D eigenvalue weighted by atomic mass is 9.98. The van der Waals surface area contributed by atoms with Gasteiger partial charge in [-0.1, -0.05) is 17.3 Å². The molecule has 0 radical (unpaired) electrons. The van der Waals surface area contributed by atoms with Gasteiger partial charge >= 0.3 is 6.03 Å². The Morgan fingerprint density at radius 1 is 1.31 bits per heavy atom. The Hall–Kier alpha value is -3.29. The first-order chi connectivity index (χ1) is 14.1. The molecule has 1 saturated heterocycles. The van der Waals surface area contributed by atoms with Crippen molar-refractivity contribution in [2.75, 3.05) is 25.0 Å². The van der Waals surface area contributed by atoms with E-state index in [9.17, 15) is 4.79 Å². The van der Waals surface area contributed by atoms with Crippen molar-refractivity contribution >= 4 is 11.7 Å². The molecule has 0 unspecified atom stereocenters. The van der Waals surface area contributed by atoms with Crippen molar-refractivity contribution < 1.29 is 18.5 Å². The van der Waals surface area contributed by atoms with Crippen LogP contribution in [0.2, 0.25) is 0 Å². The highest BCUT2D eigenvalue weighted by atomic mass is 16.5. The number of aromatic nitrogens is 2. The average Bonchev–Trinajstić information content (AvgIpc) is 3.39. The molecule has 29 heavy (non-hydrogen) atoms. The number of likely N-dealkylation sites (tertiary alicyclic amines) is 1. The molecule has 0 aliphatic carbocycles. The highest BCUT2D eigenvalue weighted by Crippen LogP contribution is 2.29. The first kappa shape index (κ1) is 19.0. The molecule has 1 atom stereocenters. The van der Waals surface area contributed by atoms with E-state index in [2.05, 4.69) is 15.5 Å². The predicted octanol–water partition coefficient (Wildman–Crippen LogP) is 4.45. The summed E-state index contributed by atoms with van der Waals surface area (Å²) >= 11 is 0. The van der Waals surface area contributed by atoms with Gasteiger partial charge in [-0.25, -0.2) is 4.79 Å². The lowest BCUT2D eigenvalue weighted by Crippen LogP contribution is -2.41. The molecule has 1 aliphatic rings. The Labute approximate surface area is 168 Å². The number of aryl methyl sites for hydroxylation is 1. The third kappa shape index (κ3) is 4.26. The van der Waals surface area contributed by atoms with Gasteiger partial charge in [-0.15, -0.1) is 0 Å². The van der Waals surface area contributed by atoms with E-state index in [0.29, 0.717) is 48.6 Å². The van der Waals surface area contributed by atoms with Gasteiger partial charge in [-0.3, -0.25) is 0 Å². The number of carbonyl (C=O) groups is 1. The maximum Gasteiger partial charge on any atom is 0.321 e. The van der Waals surface area contributed by atoms with E-state index in [0.717, 1.165) is 18.6 Å². The molecule has 1 N–H and O–H groups in total. The van der Waals surface area contributed by atoms with Crippen LogP contribution in [0, 0.1) is 6.92 Å². The van der Waals surface area contributed by atoms with Crippen molar-refractivity contribution in [3.8, 4) is 17.3 Å². The topological polar surface area (TPSA) is 93.6 Å². The monoisotopic (exact) mass is 396 g/mol. The van der Waals surface area contributed by atoms with Crippen molar-refractivity contribution in [1.82, 2.24) is 15.0 Å². The minimum Gasteiger partial charge on any atom is -0.492 e. The van der Waals surface area contributed by atoms with Crippen molar-refractivity contribution in [1.29, 1.82) is 0 Å². The van der Waals surface area contributed by atoms with E-state index >= 15 is 0 Å². The van der Waals surface area contributed by atoms with Crippen molar-refractivity contribution in [2.24, 2.45) is 0 Å². The van der Waals surface area contributed by atoms with Crippen LogP contribution in [0.1, 0.15) is 37.3 Å². The first-order valence-corrected chi connectivity index (χ1v) is 9.82. The van der Waals surface area contributed by atoms with Gasteiger partial charge in [0, 0.05) is 13.1 Å². The fraction of sp³-hybridized carbons (Fsp3) is 0.381. The van der Waals surface area contributed by atoms with Crippen molar-refractivity contribution in [2.45, 2.75) is 32.6 Å². The standard InChI is InChI=1S/C21H24N4O4/c1-3-27-17-9-5-4-8-16(17)22-21(26)25-12-6-7-15(13-25)20-23-19(24-29-20)18-11-10-14(2)28-18/h4-5,8-11,15H,3,6-7,12-13H2,1-2H3,(H,22,26)/t15-/m0/s1. The van der Waals surface area contributed by atoms with Gasteiger partial charge in [0.2, 0.25) is 11.7 Å². The Bertz CT molecular complexity index is 980. The molecular formula is C21H24N4O4. The molecule has 3 heterocycles. The summed E-state index contributed by atoms with van der Waals surface area (Å²) in [5, 5.41) is 6.98. The van der Waals surface area contributed by atoms with E-state index in [-0.39, 0.29) is 11.9 Å². The average molecular weight is 396 g/mol. The summed E-state index contributed by atoms with van der Waals surface area (Å²) < 4.78 is 16.6. The van der Waals surface area contributed by atoms with Gasteiger partial charge in [-0.2, -0.15) is 4.98 Å². The minimum atomic E-state index is -0.164. The summed E-state index contributed by atoms with van der Waals surface area (Å²) in [6.07, 6.45) is 1.75. The number of hydrogen-bond acceptors (Lipinski definition) is 6. The largest absolute Gasteiger partial charge is 0.492 e. The van der Waals surface area contributed by atoms with Crippen LogP contribution in [0.3, 0.4) is 0 Å². The molecule has 8 heteroatoms.